The lowest BCUT2D eigenvalue weighted by Crippen LogP contribution is -2.48. The second kappa shape index (κ2) is 12.5. The minimum atomic E-state index is -1.34. The zero-order valence-corrected chi connectivity index (χ0v) is 20.4. The summed E-state index contributed by atoms with van der Waals surface area (Å²) in [6, 6.07) is 18.1. The smallest absolute Gasteiger partial charge is 0.323 e. The van der Waals surface area contributed by atoms with Crippen LogP contribution >= 0.6 is 11.8 Å². The van der Waals surface area contributed by atoms with Gasteiger partial charge in [-0.2, -0.15) is 11.8 Å². The summed E-state index contributed by atoms with van der Waals surface area (Å²) in [6.07, 6.45) is 1.73. The van der Waals surface area contributed by atoms with Crippen LogP contribution in [0.5, 0.6) is 5.75 Å². The van der Waals surface area contributed by atoms with E-state index in [-0.39, 0.29) is 11.2 Å². The van der Waals surface area contributed by atoms with E-state index in [1.54, 1.807) is 18.9 Å². The molecule has 0 saturated carbocycles. The Hall–Kier alpha value is -2.47. The van der Waals surface area contributed by atoms with Gasteiger partial charge in [0.25, 0.3) is 0 Å². The van der Waals surface area contributed by atoms with E-state index in [0.29, 0.717) is 12.8 Å². The van der Waals surface area contributed by atoms with Crippen molar-refractivity contribution in [2.24, 2.45) is 11.3 Å². The van der Waals surface area contributed by atoms with E-state index in [4.69, 9.17) is 14.2 Å². The molecule has 2 atom stereocenters. The Morgan fingerprint density at radius 2 is 1.50 bits per heavy atom. The van der Waals surface area contributed by atoms with Crippen molar-refractivity contribution in [2.45, 2.75) is 44.1 Å². The van der Waals surface area contributed by atoms with Crippen LogP contribution in [-0.2, 0) is 31.2 Å². The van der Waals surface area contributed by atoms with Crippen LogP contribution in [-0.4, -0.2) is 38.5 Å². The molecule has 2 aromatic carbocycles. The zero-order chi connectivity index (χ0) is 23.6. The normalized spacial score (nSPS) is 13.2. The summed E-state index contributed by atoms with van der Waals surface area (Å²) in [4.78, 5) is 26.0. The summed E-state index contributed by atoms with van der Waals surface area (Å²) >= 11 is 1.74. The molecule has 0 radical (unpaired) electrons. The molecule has 2 aromatic rings. The molecule has 0 aliphatic carbocycles. The molecule has 174 valence electrons. The van der Waals surface area contributed by atoms with E-state index >= 15 is 0 Å². The van der Waals surface area contributed by atoms with E-state index in [1.807, 2.05) is 56.3 Å². The van der Waals surface area contributed by atoms with Gasteiger partial charge in [-0.15, -0.1) is 0 Å². The molecule has 32 heavy (non-hydrogen) atoms. The number of hydrogen-bond donors (Lipinski definition) is 0. The molecule has 0 aliphatic rings. The fraction of sp³-hybridized carbons (Fsp3) is 0.462. The van der Waals surface area contributed by atoms with Crippen molar-refractivity contribution in [3.05, 3.63) is 65.7 Å². The van der Waals surface area contributed by atoms with Gasteiger partial charge in [-0.05, 0) is 42.0 Å². The number of esters is 2. The maximum atomic E-state index is 13.0. The third-order valence-corrected chi connectivity index (χ3v) is 7.36. The quantitative estimate of drug-likeness (QED) is 0.317. The first-order valence-corrected chi connectivity index (χ1v) is 11.9. The maximum Gasteiger partial charge on any atom is 0.323 e. The Morgan fingerprint density at radius 3 is 2.00 bits per heavy atom. The molecular formula is C26H34O5S. The zero-order valence-electron chi connectivity index (χ0n) is 19.6. The van der Waals surface area contributed by atoms with Crippen molar-refractivity contribution < 1.29 is 23.8 Å². The van der Waals surface area contributed by atoms with Crippen LogP contribution in [0.15, 0.2) is 54.6 Å². The lowest BCUT2D eigenvalue weighted by atomic mass is 9.71. The van der Waals surface area contributed by atoms with Crippen molar-refractivity contribution in [3.63, 3.8) is 0 Å². The van der Waals surface area contributed by atoms with E-state index in [0.717, 1.165) is 29.1 Å². The average Bonchev–Trinajstić information content (AvgIpc) is 2.85. The summed E-state index contributed by atoms with van der Waals surface area (Å²) in [5.41, 5.74) is 0.969. The highest BCUT2D eigenvalue weighted by molar-refractivity contribution is 7.99. The van der Waals surface area contributed by atoms with E-state index in [1.165, 1.54) is 14.2 Å². The third kappa shape index (κ3) is 6.28. The highest BCUT2D eigenvalue weighted by Gasteiger charge is 2.53. The van der Waals surface area contributed by atoms with Crippen LogP contribution < -0.4 is 4.74 Å². The molecule has 0 fully saturated rings. The van der Waals surface area contributed by atoms with Crippen molar-refractivity contribution in [2.75, 3.05) is 21.3 Å². The van der Waals surface area contributed by atoms with Gasteiger partial charge in [-0.3, -0.25) is 9.59 Å². The van der Waals surface area contributed by atoms with Gasteiger partial charge in [0.05, 0.1) is 21.3 Å². The monoisotopic (exact) mass is 458 g/mol. The molecule has 0 saturated heterocycles. The van der Waals surface area contributed by atoms with Gasteiger partial charge >= 0.3 is 11.9 Å². The molecule has 0 aromatic heterocycles. The SMILES string of the molecule is CCC(C)C(C[C@H](Cc1ccccc1)SCc1ccc(OC)cc1)(C(=O)OC)C(=O)OC. The van der Waals surface area contributed by atoms with Gasteiger partial charge < -0.3 is 14.2 Å². The predicted octanol–water partition coefficient (Wildman–Crippen LogP) is 5.31. The number of carbonyl (C=O) groups is 2. The molecule has 2 rings (SSSR count). The summed E-state index contributed by atoms with van der Waals surface area (Å²) in [6.45, 7) is 3.89. The van der Waals surface area contributed by atoms with Crippen LogP contribution in [0.25, 0.3) is 0 Å². The van der Waals surface area contributed by atoms with Crippen LogP contribution in [0.4, 0.5) is 0 Å². The van der Waals surface area contributed by atoms with Gasteiger partial charge in [0.15, 0.2) is 5.41 Å². The number of ether oxygens (including phenoxy) is 3. The van der Waals surface area contributed by atoms with Gasteiger partial charge in [-0.1, -0.05) is 62.7 Å². The molecule has 5 nitrogen and oxygen atoms in total. The Kier molecular flexibility index (Phi) is 10.1. The minimum Gasteiger partial charge on any atom is -0.497 e. The Bertz CT molecular complexity index is 834. The number of rotatable bonds is 12. The highest BCUT2D eigenvalue weighted by atomic mass is 32.2. The molecule has 0 bridgehead atoms. The Labute approximate surface area is 195 Å². The Balaban J connectivity index is 2.35. The molecule has 6 heteroatoms. The minimum absolute atomic E-state index is 0.00621. The van der Waals surface area contributed by atoms with Gasteiger partial charge in [-0.25, -0.2) is 0 Å². The first-order valence-electron chi connectivity index (χ1n) is 10.9. The van der Waals surface area contributed by atoms with Gasteiger partial charge in [0.1, 0.15) is 5.75 Å². The fourth-order valence-corrected chi connectivity index (χ4v) is 5.24. The van der Waals surface area contributed by atoms with Crippen molar-refractivity contribution in [1.82, 2.24) is 0 Å². The summed E-state index contributed by atoms with van der Waals surface area (Å²) in [5, 5.41) is 0.00621. The number of thioether (sulfide) groups is 1. The standard InChI is InChI=1S/C26H34O5S/c1-6-19(2)26(24(27)30-4,25(28)31-5)17-23(16-20-10-8-7-9-11-20)32-18-21-12-14-22(29-3)15-13-21/h7-15,19,23H,6,16-18H2,1-5H3/t19?,23-/m0/s1. The maximum absolute atomic E-state index is 13.0. The van der Waals surface area contributed by atoms with E-state index in [9.17, 15) is 9.59 Å². The summed E-state index contributed by atoms with van der Waals surface area (Å²) in [7, 11) is 4.31. The first kappa shape index (κ1) is 25.8. The topological polar surface area (TPSA) is 61.8 Å². The van der Waals surface area contributed by atoms with Crippen molar-refractivity contribution >= 4 is 23.7 Å². The number of benzene rings is 2. The van der Waals surface area contributed by atoms with Crippen molar-refractivity contribution in [3.8, 4) is 5.75 Å². The molecule has 0 heterocycles. The highest BCUT2D eigenvalue weighted by Crippen LogP contribution is 2.42. The van der Waals surface area contributed by atoms with Crippen molar-refractivity contribution in [1.29, 1.82) is 0 Å². The van der Waals surface area contributed by atoms with E-state index in [2.05, 4.69) is 12.1 Å². The predicted molar refractivity (Wildman–Crippen MR) is 129 cm³/mol. The summed E-state index contributed by atoms with van der Waals surface area (Å²) in [5.74, 6) is 0.290. The second-order valence-electron chi connectivity index (χ2n) is 7.94. The van der Waals surface area contributed by atoms with Crippen LogP contribution in [0.2, 0.25) is 0 Å². The molecule has 1 unspecified atom stereocenters. The number of carbonyl (C=O) groups excluding carboxylic acids is 2. The van der Waals surface area contributed by atoms with Crippen LogP contribution in [0.1, 0.15) is 37.8 Å². The molecule has 0 aliphatic heterocycles. The van der Waals surface area contributed by atoms with E-state index < -0.39 is 17.4 Å². The largest absolute Gasteiger partial charge is 0.497 e. The molecule has 0 N–H and O–H groups in total. The van der Waals surface area contributed by atoms with Gasteiger partial charge in [0, 0.05) is 11.0 Å². The third-order valence-electron chi connectivity index (χ3n) is 6.05. The number of hydrogen-bond acceptors (Lipinski definition) is 6. The average molecular weight is 459 g/mol. The first-order chi connectivity index (χ1) is 15.4. The lowest BCUT2D eigenvalue weighted by molar-refractivity contribution is -0.174. The fourth-order valence-electron chi connectivity index (χ4n) is 3.93. The van der Waals surface area contributed by atoms with Crippen LogP contribution in [0.3, 0.4) is 0 Å². The second-order valence-corrected chi connectivity index (χ2v) is 9.23. The molecule has 0 amide bonds. The molecular weight excluding hydrogens is 424 g/mol. The Morgan fingerprint density at radius 1 is 0.906 bits per heavy atom. The summed E-state index contributed by atoms with van der Waals surface area (Å²) < 4.78 is 15.5. The van der Waals surface area contributed by atoms with Crippen LogP contribution in [0, 0.1) is 11.3 Å². The lowest BCUT2D eigenvalue weighted by Gasteiger charge is -2.36. The van der Waals surface area contributed by atoms with Gasteiger partial charge in [0.2, 0.25) is 0 Å². The number of methoxy groups -OCH3 is 3. The molecule has 0 spiro atoms.